The zero-order valence-electron chi connectivity index (χ0n) is 16.0. The molecule has 2 heterocycles. The Morgan fingerprint density at radius 3 is 2.75 bits per heavy atom. The number of amides is 1. The number of halogens is 1. The van der Waals surface area contributed by atoms with Gasteiger partial charge in [-0.15, -0.1) is 10.2 Å². The van der Waals surface area contributed by atoms with Gasteiger partial charge in [0.2, 0.25) is 5.91 Å². The highest BCUT2D eigenvalue weighted by Gasteiger charge is 2.38. The summed E-state index contributed by atoms with van der Waals surface area (Å²) in [5, 5.41) is 16.5. The van der Waals surface area contributed by atoms with E-state index in [1.54, 1.807) is 6.07 Å². The molecule has 1 aliphatic carbocycles. The molecule has 0 atom stereocenters. The third-order valence-electron chi connectivity index (χ3n) is 6.18. The van der Waals surface area contributed by atoms with Crippen LogP contribution < -0.4 is 5.32 Å². The Morgan fingerprint density at radius 2 is 2.07 bits per heavy atom. The lowest BCUT2D eigenvalue weighted by Crippen LogP contribution is -2.48. The minimum absolute atomic E-state index is 0.0631. The van der Waals surface area contributed by atoms with Crippen molar-refractivity contribution in [1.82, 2.24) is 30.8 Å². The number of aromatic nitrogens is 4. The van der Waals surface area contributed by atoms with Crippen molar-refractivity contribution in [1.29, 1.82) is 0 Å². The van der Waals surface area contributed by atoms with Gasteiger partial charge in [-0.05, 0) is 43.4 Å². The van der Waals surface area contributed by atoms with Gasteiger partial charge in [-0.25, -0.2) is 4.39 Å². The van der Waals surface area contributed by atoms with Crippen LogP contribution in [-0.4, -0.2) is 57.1 Å². The summed E-state index contributed by atoms with van der Waals surface area (Å²) in [5.74, 6) is 0.201. The third kappa shape index (κ3) is 4.38. The predicted octanol–water partition coefficient (Wildman–Crippen LogP) is 1.97. The second-order valence-electron chi connectivity index (χ2n) is 8.12. The lowest BCUT2D eigenvalue weighted by molar-refractivity contribution is -0.121. The summed E-state index contributed by atoms with van der Waals surface area (Å²) in [6.07, 6.45) is 6.67. The summed E-state index contributed by atoms with van der Waals surface area (Å²) in [6, 6.07) is 7.34. The minimum Gasteiger partial charge on any atom is -0.353 e. The number of hydrogen-bond donors (Lipinski definition) is 2. The molecule has 8 heteroatoms. The number of rotatable bonds is 6. The Bertz CT molecular complexity index is 782. The number of piperidine rings is 1. The molecule has 2 fully saturated rings. The maximum absolute atomic E-state index is 13.8. The summed E-state index contributed by atoms with van der Waals surface area (Å²) in [6.45, 7) is 2.87. The van der Waals surface area contributed by atoms with Crippen molar-refractivity contribution < 1.29 is 9.18 Å². The Hall–Kier alpha value is -2.35. The molecule has 0 bridgehead atoms. The molecule has 150 valence electrons. The Kier molecular flexibility index (Phi) is 5.66. The number of benzene rings is 1. The van der Waals surface area contributed by atoms with E-state index in [4.69, 9.17) is 0 Å². The Morgan fingerprint density at radius 1 is 1.29 bits per heavy atom. The molecule has 0 spiro atoms. The summed E-state index contributed by atoms with van der Waals surface area (Å²) < 4.78 is 13.8. The van der Waals surface area contributed by atoms with Gasteiger partial charge in [0.05, 0.1) is 6.42 Å². The maximum atomic E-state index is 13.8. The van der Waals surface area contributed by atoms with Crippen LogP contribution in [0.4, 0.5) is 4.39 Å². The van der Waals surface area contributed by atoms with Crippen LogP contribution in [0.2, 0.25) is 0 Å². The van der Waals surface area contributed by atoms with E-state index in [9.17, 15) is 9.18 Å². The molecule has 1 aromatic heterocycles. The maximum Gasteiger partial charge on any atom is 0.228 e. The predicted molar refractivity (Wildman–Crippen MR) is 102 cm³/mol. The number of H-pyrrole nitrogens is 1. The molecule has 4 rings (SSSR count). The van der Waals surface area contributed by atoms with E-state index < -0.39 is 0 Å². The first kappa shape index (κ1) is 19.0. The third-order valence-corrected chi connectivity index (χ3v) is 6.18. The first-order valence-electron chi connectivity index (χ1n) is 10.1. The van der Waals surface area contributed by atoms with Crippen molar-refractivity contribution >= 4 is 5.91 Å². The second-order valence-corrected chi connectivity index (χ2v) is 8.12. The van der Waals surface area contributed by atoms with Crippen molar-refractivity contribution in [3.63, 3.8) is 0 Å². The average molecular weight is 386 g/mol. The SMILES string of the molecule is O=C(Cc1nn[nH]n1)NC1CCN(CC2(c3cccc(F)c3)CCCC2)CC1. The Labute approximate surface area is 164 Å². The molecule has 7 nitrogen and oxygen atoms in total. The van der Waals surface area contributed by atoms with E-state index in [2.05, 4.69) is 36.9 Å². The number of likely N-dealkylation sites (tertiary alicyclic amines) is 1. The van der Waals surface area contributed by atoms with Crippen molar-refractivity contribution in [2.45, 2.75) is 56.4 Å². The summed E-state index contributed by atoms with van der Waals surface area (Å²) in [5.41, 5.74) is 1.21. The summed E-state index contributed by atoms with van der Waals surface area (Å²) in [7, 11) is 0. The highest BCUT2D eigenvalue weighted by atomic mass is 19.1. The zero-order chi connectivity index (χ0) is 19.4. The van der Waals surface area contributed by atoms with E-state index in [0.717, 1.165) is 50.9 Å². The van der Waals surface area contributed by atoms with E-state index >= 15 is 0 Å². The topological polar surface area (TPSA) is 86.8 Å². The first-order valence-corrected chi connectivity index (χ1v) is 10.1. The number of nitrogens with zero attached hydrogens (tertiary/aromatic N) is 4. The lowest BCUT2D eigenvalue weighted by atomic mass is 9.78. The molecule has 1 saturated carbocycles. The molecule has 0 unspecified atom stereocenters. The van der Waals surface area contributed by atoms with E-state index in [-0.39, 0.29) is 29.6 Å². The second kappa shape index (κ2) is 8.34. The summed E-state index contributed by atoms with van der Waals surface area (Å²) >= 11 is 0. The molecule has 28 heavy (non-hydrogen) atoms. The van der Waals surface area contributed by atoms with Gasteiger partial charge in [0.1, 0.15) is 5.82 Å². The van der Waals surface area contributed by atoms with Crippen LogP contribution in [0.25, 0.3) is 0 Å². The quantitative estimate of drug-likeness (QED) is 0.793. The van der Waals surface area contributed by atoms with Gasteiger partial charge in [0, 0.05) is 31.1 Å². The highest BCUT2D eigenvalue weighted by Crippen LogP contribution is 2.42. The number of tetrazole rings is 1. The molecule has 1 amide bonds. The van der Waals surface area contributed by atoms with Crippen molar-refractivity contribution in [3.05, 3.63) is 41.5 Å². The molecular weight excluding hydrogens is 359 g/mol. The van der Waals surface area contributed by atoms with Crippen LogP contribution in [0.5, 0.6) is 0 Å². The van der Waals surface area contributed by atoms with Crippen LogP contribution in [0, 0.1) is 5.82 Å². The molecular formula is C20H27FN6O. The fourth-order valence-corrected chi connectivity index (χ4v) is 4.75. The molecule has 2 N–H and O–H groups in total. The average Bonchev–Trinajstić information content (AvgIpc) is 3.36. The van der Waals surface area contributed by atoms with Crippen molar-refractivity contribution in [3.8, 4) is 0 Å². The zero-order valence-corrected chi connectivity index (χ0v) is 16.0. The fraction of sp³-hybridized carbons (Fsp3) is 0.600. The molecule has 0 radical (unpaired) electrons. The van der Waals surface area contributed by atoms with Gasteiger partial charge in [0.15, 0.2) is 5.82 Å². The monoisotopic (exact) mass is 386 g/mol. The normalized spacial score (nSPS) is 20.3. The largest absolute Gasteiger partial charge is 0.353 e. The van der Waals surface area contributed by atoms with Crippen LogP contribution in [0.3, 0.4) is 0 Å². The van der Waals surface area contributed by atoms with E-state index in [1.807, 2.05) is 6.07 Å². The summed E-state index contributed by atoms with van der Waals surface area (Å²) in [4.78, 5) is 14.6. The smallest absolute Gasteiger partial charge is 0.228 e. The lowest BCUT2D eigenvalue weighted by Gasteiger charge is -2.39. The van der Waals surface area contributed by atoms with Crippen LogP contribution in [0.15, 0.2) is 24.3 Å². The number of hydrogen-bond acceptors (Lipinski definition) is 5. The number of carbonyl (C=O) groups excluding carboxylic acids is 1. The number of nitrogens with one attached hydrogen (secondary N) is 2. The van der Waals surface area contributed by atoms with Crippen molar-refractivity contribution in [2.75, 3.05) is 19.6 Å². The fourth-order valence-electron chi connectivity index (χ4n) is 4.75. The van der Waals surface area contributed by atoms with Gasteiger partial charge >= 0.3 is 0 Å². The molecule has 1 aromatic carbocycles. The van der Waals surface area contributed by atoms with Gasteiger partial charge in [0.25, 0.3) is 0 Å². The van der Waals surface area contributed by atoms with Gasteiger partial charge in [-0.2, -0.15) is 5.21 Å². The number of carbonyl (C=O) groups is 1. The molecule has 2 aromatic rings. The first-order chi connectivity index (χ1) is 13.6. The molecule has 1 saturated heterocycles. The Balaban J connectivity index is 1.31. The standard InChI is InChI=1S/C20H27FN6O/c21-16-5-3-4-15(12-16)20(8-1-2-9-20)14-27-10-6-17(7-11-27)22-19(28)13-18-23-25-26-24-18/h3-5,12,17H,1-2,6-11,13-14H2,(H,22,28)(H,23,24,25,26). The highest BCUT2D eigenvalue weighted by molar-refractivity contribution is 5.77. The van der Waals surface area contributed by atoms with Crippen LogP contribution in [0.1, 0.15) is 49.9 Å². The minimum atomic E-state index is -0.146. The van der Waals surface area contributed by atoms with Crippen molar-refractivity contribution in [2.24, 2.45) is 0 Å². The van der Waals surface area contributed by atoms with E-state index in [1.165, 1.54) is 18.9 Å². The van der Waals surface area contributed by atoms with Gasteiger partial charge in [-0.3, -0.25) is 4.79 Å². The molecule has 2 aliphatic rings. The van der Waals surface area contributed by atoms with Crippen LogP contribution in [-0.2, 0) is 16.6 Å². The van der Waals surface area contributed by atoms with Crippen LogP contribution >= 0.6 is 0 Å². The molecule has 1 aliphatic heterocycles. The van der Waals surface area contributed by atoms with E-state index in [0.29, 0.717) is 5.82 Å². The van der Waals surface area contributed by atoms with Gasteiger partial charge < -0.3 is 10.2 Å². The van der Waals surface area contributed by atoms with Gasteiger partial charge in [-0.1, -0.05) is 30.2 Å². The number of aromatic amines is 1.